The van der Waals surface area contributed by atoms with E-state index in [0.717, 1.165) is 62.5 Å². The number of aryl methyl sites for hydroxylation is 1. The second kappa shape index (κ2) is 8.69. The van der Waals surface area contributed by atoms with Crippen LogP contribution in [0, 0.1) is 12.8 Å². The first kappa shape index (κ1) is 18.9. The number of benzene rings is 1. The van der Waals surface area contributed by atoms with E-state index in [4.69, 9.17) is 4.74 Å². The molecule has 0 bridgehead atoms. The van der Waals surface area contributed by atoms with Crippen molar-refractivity contribution in [3.05, 3.63) is 42.0 Å². The average molecular weight is 380 g/mol. The lowest BCUT2D eigenvalue weighted by Gasteiger charge is -2.32. The van der Waals surface area contributed by atoms with Crippen LogP contribution in [0.1, 0.15) is 31.2 Å². The number of aromatic nitrogens is 2. The van der Waals surface area contributed by atoms with Gasteiger partial charge >= 0.3 is 0 Å². The Balaban J connectivity index is 1.28. The number of hydrogen-bond donors (Lipinski definition) is 1. The molecule has 2 fully saturated rings. The quantitative estimate of drug-likeness (QED) is 0.864. The topological polar surface area (TPSA) is 67.4 Å². The summed E-state index contributed by atoms with van der Waals surface area (Å²) in [5.74, 6) is 1.13. The van der Waals surface area contributed by atoms with Gasteiger partial charge in [0, 0.05) is 37.7 Å². The Morgan fingerprint density at radius 2 is 1.89 bits per heavy atom. The molecule has 1 amide bonds. The van der Waals surface area contributed by atoms with Crippen LogP contribution in [0.4, 0.5) is 5.82 Å². The third-order valence-electron chi connectivity index (χ3n) is 5.72. The molecule has 1 N–H and O–H groups in total. The molecular formula is C22H28N4O2. The fourth-order valence-corrected chi connectivity index (χ4v) is 3.91. The van der Waals surface area contributed by atoms with E-state index in [0.29, 0.717) is 6.54 Å². The monoisotopic (exact) mass is 380 g/mol. The number of hydrogen-bond acceptors (Lipinski definition) is 5. The number of carbonyl (C=O) groups excluding carboxylic acids is 1. The first-order valence-electron chi connectivity index (χ1n) is 10.2. The maximum Gasteiger partial charge on any atom is 0.223 e. The van der Waals surface area contributed by atoms with Crippen LogP contribution in [0.25, 0.3) is 11.3 Å². The number of carbonyl (C=O) groups is 1. The highest BCUT2D eigenvalue weighted by molar-refractivity contribution is 5.79. The fourth-order valence-electron chi connectivity index (χ4n) is 3.91. The average Bonchev–Trinajstić information content (AvgIpc) is 3.27. The molecule has 6 nitrogen and oxygen atoms in total. The van der Waals surface area contributed by atoms with Gasteiger partial charge in [-0.1, -0.05) is 29.8 Å². The van der Waals surface area contributed by atoms with Crippen LogP contribution in [0.5, 0.6) is 0 Å². The van der Waals surface area contributed by atoms with E-state index >= 15 is 0 Å². The van der Waals surface area contributed by atoms with Gasteiger partial charge < -0.3 is 15.0 Å². The number of ether oxygens (including phenoxy) is 1. The first-order valence-corrected chi connectivity index (χ1v) is 10.2. The molecule has 2 saturated heterocycles. The Hall–Kier alpha value is -2.47. The molecule has 3 heterocycles. The van der Waals surface area contributed by atoms with E-state index in [1.165, 1.54) is 5.56 Å². The zero-order valence-electron chi connectivity index (χ0n) is 16.4. The van der Waals surface area contributed by atoms with E-state index in [1.807, 2.05) is 12.1 Å². The van der Waals surface area contributed by atoms with Crippen LogP contribution < -0.4 is 10.2 Å². The molecule has 1 atom stereocenters. The highest BCUT2D eigenvalue weighted by Crippen LogP contribution is 2.24. The largest absolute Gasteiger partial charge is 0.376 e. The van der Waals surface area contributed by atoms with E-state index in [1.54, 1.807) is 0 Å². The molecule has 6 heteroatoms. The molecule has 2 aromatic rings. The minimum Gasteiger partial charge on any atom is -0.376 e. The van der Waals surface area contributed by atoms with Crippen molar-refractivity contribution in [3.63, 3.8) is 0 Å². The van der Waals surface area contributed by atoms with Crippen molar-refractivity contribution in [1.82, 2.24) is 15.5 Å². The number of nitrogens with one attached hydrogen (secondary N) is 1. The molecule has 0 spiro atoms. The Kier molecular flexibility index (Phi) is 5.86. The van der Waals surface area contributed by atoms with Gasteiger partial charge in [0.15, 0.2) is 5.82 Å². The Bertz CT molecular complexity index is 777. The molecular weight excluding hydrogens is 352 g/mol. The van der Waals surface area contributed by atoms with Gasteiger partial charge in [-0.15, -0.1) is 10.2 Å². The van der Waals surface area contributed by atoms with E-state index < -0.39 is 0 Å². The maximum absolute atomic E-state index is 12.4. The number of nitrogens with zero attached hydrogens (tertiary/aromatic N) is 3. The van der Waals surface area contributed by atoms with Gasteiger partial charge in [0.2, 0.25) is 5.91 Å². The lowest BCUT2D eigenvalue weighted by molar-refractivity contribution is -0.126. The summed E-state index contributed by atoms with van der Waals surface area (Å²) in [6.07, 6.45) is 4.04. The SMILES string of the molecule is Cc1ccc(-c2ccc(N3CCC(C(=O)NCC4CCCO4)CC3)nn2)cc1. The van der Waals surface area contributed by atoms with Crippen molar-refractivity contribution in [2.75, 3.05) is 31.1 Å². The molecule has 1 unspecified atom stereocenters. The van der Waals surface area contributed by atoms with Crippen LogP contribution in [0.3, 0.4) is 0 Å². The molecule has 2 aliphatic heterocycles. The van der Waals surface area contributed by atoms with Gasteiger partial charge in [-0.2, -0.15) is 0 Å². The fraction of sp³-hybridized carbons (Fsp3) is 0.500. The van der Waals surface area contributed by atoms with Crippen LogP contribution in [0.2, 0.25) is 0 Å². The standard InChI is InChI=1S/C22H28N4O2/c1-16-4-6-17(7-5-16)20-8-9-21(25-24-20)26-12-10-18(11-13-26)22(27)23-15-19-3-2-14-28-19/h4-9,18-19H,2-3,10-15H2,1H3,(H,23,27). The summed E-state index contributed by atoms with van der Waals surface area (Å²) >= 11 is 0. The third kappa shape index (κ3) is 4.50. The van der Waals surface area contributed by atoms with E-state index in [9.17, 15) is 4.79 Å². The molecule has 0 radical (unpaired) electrons. The van der Waals surface area contributed by atoms with E-state index in [2.05, 4.69) is 51.6 Å². The van der Waals surface area contributed by atoms with Gasteiger partial charge in [-0.05, 0) is 44.7 Å². The summed E-state index contributed by atoms with van der Waals surface area (Å²) in [7, 11) is 0. The van der Waals surface area contributed by atoms with Crippen molar-refractivity contribution in [2.45, 2.75) is 38.7 Å². The molecule has 28 heavy (non-hydrogen) atoms. The summed E-state index contributed by atoms with van der Waals surface area (Å²) < 4.78 is 5.57. The summed E-state index contributed by atoms with van der Waals surface area (Å²) in [5.41, 5.74) is 3.19. The minimum absolute atomic E-state index is 0.0810. The summed E-state index contributed by atoms with van der Waals surface area (Å²) in [5, 5.41) is 11.9. The Morgan fingerprint density at radius 3 is 2.54 bits per heavy atom. The normalized spacial score (nSPS) is 20.3. The predicted octanol–water partition coefficient (Wildman–Crippen LogP) is 2.96. The molecule has 2 aliphatic rings. The van der Waals surface area contributed by atoms with Crippen LogP contribution >= 0.6 is 0 Å². The van der Waals surface area contributed by atoms with Gasteiger partial charge in [-0.3, -0.25) is 4.79 Å². The van der Waals surface area contributed by atoms with Crippen molar-refractivity contribution in [2.24, 2.45) is 5.92 Å². The molecule has 0 saturated carbocycles. The lowest BCUT2D eigenvalue weighted by atomic mass is 9.96. The van der Waals surface area contributed by atoms with E-state index in [-0.39, 0.29) is 17.9 Å². The number of anilines is 1. The zero-order chi connectivity index (χ0) is 19.3. The van der Waals surface area contributed by atoms with Crippen molar-refractivity contribution in [1.29, 1.82) is 0 Å². The molecule has 1 aromatic heterocycles. The highest BCUT2D eigenvalue weighted by atomic mass is 16.5. The van der Waals surface area contributed by atoms with Crippen LogP contribution in [0.15, 0.2) is 36.4 Å². The molecule has 1 aromatic carbocycles. The Labute approximate surface area is 166 Å². The number of rotatable bonds is 5. The summed E-state index contributed by atoms with van der Waals surface area (Å²) in [4.78, 5) is 14.6. The molecule has 0 aliphatic carbocycles. The zero-order valence-corrected chi connectivity index (χ0v) is 16.4. The van der Waals surface area contributed by atoms with Gasteiger partial charge in [0.1, 0.15) is 0 Å². The second-order valence-corrected chi connectivity index (χ2v) is 7.78. The highest BCUT2D eigenvalue weighted by Gasteiger charge is 2.26. The molecule has 148 valence electrons. The summed E-state index contributed by atoms with van der Waals surface area (Å²) in [6.45, 7) is 5.20. The summed E-state index contributed by atoms with van der Waals surface area (Å²) in [6, 6.07) is 12.4. The first-order chi connectivity index (χ1) is 13.7. The maximum atomic E-state index is 12.4. The number of piperidine rings is 1. The van der Waals surface area contributed by atoms with Crippen LogP contribution in [-0.2, 0) is 9.53 Å². The second-order valence-electron chi connectivity index (χ2n) is 7.78. The van der Waals surface area contributed by atoms with Crippen LogP contribution in [-0.4, -0.2) is 48.4 Å². The predicted molar refractivity (Wildman–Crippen MR) is 109 cm³/mol. The smallest absolute Gasteiger partial charge is 0.223 e. The van der Waals surface area contributed by atoms with Gasteiger partial charge in [0.05, 0.1) is 11.8 Å². The Morgan fingerprint density at radius 1 is 1.11 bits per heavy atom. The number of amides is 1. The molecule has 4 rings (SSSR count). The van der Waals surface area contributed by atoms with Gasteiger partial charge in [0.25, 0.3) is 0 Å². The van der Waals surface area contributed by atoms with Gasteiger partial charge in [-0.25, -0.2) is 0 Å². The van der Waals surface area contributed by atoms with Crippen molar-refractivity contribution in [3.8, 4) is 11.3 Å². The van der Waals surface area contributed by atoms with Crippen molar-refractivity contribution >= 4 is 11.7 Å². The van der Waals surface area contributed by atoms with Crippen molar-refractivity contribution < 1.29 is 9.53 Å². The lowest BCUT2D eigenvalue weighted by Crippen LogP contribution is -2.42. The third-order valence-corrected chi connectivity index (χ3v) is 5.72. The minimum atomic E-state index is 0.0810.